The molecule has 0 unspecified atom stereocenters. The van der Waals surface area contributed by atoms with Gasteiger partial charge in [0.15, 0.2) is 5.96 Å². The van der Waals surface area contributed by atoms with Crippen molar-refractivity contribution in [2.24, 2.45) is 10.4 Å². The van der Waals surface area contributed by atoms with Crippen LogP contribution in [0.15, 0.2) is 4.99 Å². The molecule has 23 heavy (non-hydrogen) atoms. The molecule has 3 N–H and O–H groups in total. The van der Waals surface area contributed by atoms with Crippen LogP contribution in [0.25, 0.3) is 0 Å². The smallest absolute Gasteiger partial charge is 0.191 e. The van der Waals surface area contributed by atoms with E-state index >= 15 is 0 Å². The van der Waals surface area contributed by atoms with Crippen molar-refractivity contribution in [1.82, 2.24) is 10.6 Å². The van der Waals surface area contributed by atoms with Gasteiger partial charge in [0.05, 0.1) is 5.60 Å². The van der Waals surface area contributed by atoms with Gasteiger partial charge in [0, 0.05) is 59.4 Å². The first kappa shape index (κ1) is 18.5. The third-order valence-corrected chi connectivity index (χ3v) is 5.18. The average Bonchev–Trinajstić information content (AvgIpc) is 2.52. The minimum absolute atomic E-state index is 0.313. The van der Waals surface area contributed by atoms with E-state index in [1.165, 1.54) is 19.3 Å². The van der Waals surface area contributed by atoms with Gasteiger partial charge >= 0.3 is 0 Å². The summed E-state index contributed by atoms with van der Waals surface area (Å²) in [6, 6.07) is 0. The number of aliphatic imine (C=N–C) groups is 1. The van der Waals surface area contributed by atoms with E-state index in [1.807, 2.05) is 0 Å². The number of rotatable bonds is 8. The Kier molecular flexibility index (Phi) is 7.11. The summed E-state index contributed by atoms with van der Waals surface area (Å²) in [5, 5.41) is 17.1. The van der Waals surface area contributed by atoms with Crippen molar-refractivity contribution in [2.75, 3.05) is 46.6 Å². The number of hydrogen-bond acceptors (Lipinski definition) is 4. The first-order valence-electron chi connectivity index (χ1n) is 8.93. The lowest BCUT2D eigenvalue weighted by Gasteiger charge is -2.41. The summed E-state index contributed by atoms with van der Waals surface area (Å²) in [5.41, 5.74) is -0.368. The van der Waals surface area contributed by atoms with Gasteiger partial charge in [0.25, 0.3) is 0 Å². The molecular weight excluding hydrogens is 294 g/mol. The lowest BCUT2D eigenvalue weighted by atomic mass is 9.67. The number of guanidine groups is 1. The van der Waals surface area contributed by atoms with Crippen LogP contribution >= 0.6 is 0 Å². The van der Waals surface area contributed by atoms with Crippen LogP contribution in [0.4, 0.5) is 0 Å². The predicted molar refractivity (Wildman–Crippen MR) is 91.8 cm³/mol. The van der Waals surface area contributed by atoms with Crippen molar-refractivity contribution in [1.29, 1.82) is 0 Å². The highest BCUT2D eigenvalue weighted by Crippen LogP contribution is 2.44. The van der Waals surface area contributed by atoms with E-state index in [-0.39, 0.29) is 0 Å². The van der Waals surface area contributed by atoms with Crippen LogP contribution in [0.1, 0.15) is 45.4 Å². The van der Waals surface area contributed by atoms with Gasteiger partial charge in [-0.2, -0.15) is 0 Å². The largest absolute Gasteiger partial charge is 0.388 e. The summed E-state index contributed by atoms with van der Waals surface area (Å²) < 4.78 is 10.6. The van der Waals surface area contributed by atoms with Crippen LogP contribution in [0.2, 0.25) is 0 Å². The summed E-state index contributed by atoms with van der Waals surface area (Å²) in [6.45, 7) is 6.29. The standard InChI is InChI=1S/C17H33N3O3/c1-3-18-15(20-14-17(21)8-11-23-12-9-17)19-13-16(5-4-6-16)7-10-22-2/h21H,3-14H2,1-2H3,(H2,18,19,20). The summed E-state index contributed by atoms with van der Waals surface area (Å²) >= 11 is 0. The zero-order valence-corrected chi connectivity index (χ0v) is 14.7. The molecule has 0 atom stereocenters. The van der Waals surface area contributed by atoms with Crippen LogP contribution in [-0.2, 0) is 9.47 Å². The van der Waals surface area contributed by atoms with Gasteiger partial charge in [-0.1, -0.05) is 6.42 Å². The molecule has 6 heteroatoms. The second-order valence-electron chi connectivity index (χ2n) is 6.98. The maximum absolute atomic E-state index is 10.5. The first-order valence-corrected chi connectivity index (χ1v) is 8.93. The van der Waals surface area contributed by atoms with Gasteiger partial charge in [0.2, 0.25) is 0 Å². The molecule has 1 saturated heterocycles. The van der Waals surface area contributed by atoms with E-state index in [9.17, 15) is 5.11 Å². The number of nitrogens with zero attached hydrogens (tertiary/aromatic N) is 1. The van der Waals surface area contributed by atoms with Crippen LogP contribution in [0, 0.1) is 5.41 Å². The average molecular weight is 327 g/mol. The fraction of sp³-hybridized carbons (Fsp3) is 0.941. The summed E-state index contributed by atoms with van der Waals surface area (Å²) in [6.07, 6.45) is 6.20. The van der Waals surface area contributed by atoms with Crippen molar-refractivity contribution in [3.63, 3.8) is 0 Å². The summed E-state index contributed by atoms with van der Waals surface area (Å²) in [4.78, 5) is 4.77. The molecule has 1 aliphatic carbocycles. The van der Waals surface area contributed by atoms with Crippen molar-refractivity contribution in [2.45, 2.75) is 51.0 Å². The van der Waals surface area contributed by atoms with Crippen LogP contribution < -0.4 is 10.6 Å². The number of ether oxygens (including phenoxy) is 2. The normalized spacial score (nSPS) is 23.2. The molecule has 0 amide bonds. The van der Waals surface area contributed by atoms with Gasteiger partial charge in [-0.15, -0.1) is 0 Å². The molecule has 2 aliphatic rings. The maximum Gasteiger partial charge on any atom is 0.191 e. The SMILES string of the molecule is CCNC(=NCC1(CCOC)CCC1)NCC1(O)CCOCC1. The molecule has 2 fully saturated rings. The lowest BCUT2D eigenvalue weighted by Crippen LogP contribution is -2.50. The topological polar surface area (TPSA) is 75.1 Å². The van der Waals surface area contributed by atoms with Crippen LogP contribution in [0.3, 0.4) is 0 Å². The monoisotopic (exact) mass is 327 g/mol. The van der Waals surface area contributed by atoms with E-state index in [4.69, 9.17) is 14.5 Å². The van der Waals surface area contributed by atoms with Gasteiger partial charge < -0.3 is 25.2 Å². The molecule has 0 spiro atoms. The highest BCUT2D eigenvalue weighted by atomic mass is 16.5. The van der Waals surface area contributed by atoms with Crippen molar-refractivity contribution < 1.29 is 14.6 Å². The molecule has 2 rings (SSSR count). The van der Waals surface area contributed by atoms with Gasteiger partial charge in [0.1, 0.15) is 0 Å². The molecule has 0 aromatic carbocycles. The second-order valence-corrected chi connectivity index (χ2v) is 6.98. The second kappa shape index (κ2) is 8.85. The lowest BCUT2D eigenvalue weighted by molar-refractivity contribution is -0.0594. The molecule has 134 valence electrons. The van der Waals surface area contributed by atoms with Gasteiger partial charge in [-0.05, 0) is 31.6 Å². The molecule has 1 saturated carbocycles. The maximum atomic E-state index is 10.5. The van der Waals surface area contributed by atoms with E-state index in [0.29, 0.717) is 38.0 Å². The molecule has 0 bridgehead atoms. The van der Waals surface area contributed by atoms with Crippen LogP contribution in [0.5, 0.6) is 0 Å². The molecule has 0 aromatic heterocycles. The zero-order valence-electron chi connectivity index (χ0n) is 14.7. The Morgan fingerprint density at radius 1 is 1.22 bits per heavy atom. The Hall–Kier alpha value is -0.850. The molecule has 1 aliphatic heterocycles. The summed E-state index contributed by atoms with van der Waals surface area (Å²) in [7, 11) is 1.76. The van der Waals surface area contributed by atoms with E-state index in [2.05, 4.69) is 17.6 Å². The van der Waals surface area contributed by atoms with E-state index < -0.39 is 5.60 Å². The van der Waals surface area contributed by atoms with Gasteiger partial charge in [-0.25, -0.2) is 0 Å². The third kappa shape index (κ3) is 5.62. The quantitative estimate of drug-likeness (QED) is 0.463. The highest BCUT2D eigenvalue weighted by Gasteiger charge is 2.36. The Bertz CT molecular complexity index is 377. The fourth-order valence-electron chi connectivity index (χ4n) is 3.25. The molecule has 0 aromatic rings. The number of aliphatic hydroxyl groups is 1. The molecule has 1 heterocycles. The van der Waals surface area contributed by atoms with Gasteiger partial charge in [-0.3, -0.25) is 4.99 Å². The fourth-order valence-corrected chi connectivity index (χ4v) is 3.25. The van der Waals surface area contributed by atoms with Crippen molar-refractivity contribution in [3.8, 4) is 0 Å². The number of methoxy groups -OCH3 is 1. The molecular formula is C17H33N3O3. The highest BCUT2D eigenvalue weighted by molar-refractivity contribution is 5.79. The van der Waals surface area contributed by atoms with E-state index in [1.54, 1.807) is 7.11 Å². The molecule has 6 nitrogen and oxygen atoms in total. The number of hydrogen-bond donors (Lipinski definition) is 3. The zero-order chi connectivity index (χ0) is 16.6. The minimum Gasteiger partial charge on any atom is -0.388 e. The third-order valence-electron chi connectivity index (χ3n) is 5.18. The Morgan fingerprint density at radius 2 is 1.96 bits per heavy atom. The predicted octanol–water partition coefficient (Wildman–Crippen LogP) is 1.29. The van der Waals surface area contributed by atoms with Crippen molar-refractivity contribution in [3.05, 3.63) is 0 Å². The Balaban J connectivity index is 1.86. The number of nitrogens with one attached hydrogen (secondary N) is 2. The Labute approximate surface area is 140 Å². The molecule has 0 radical (unpaired) electrons. The Morgan fingerprint density at radius 3 is 2.52 bits per heavy atom. The van der Waals surface area contributed by atoms with E-state index in [0.717, 1.165) is 32.1 Å². The van der Waals surface area contributed by atoms with Crippen LogP contribution in [-0.4, -0.2) is 63.2 Å². The van der Waals surface area contributed by atoms with Crippen molar-refractivity contribution >= 4 is 5.96 Å². The summed E-state index contributed by atoms with van der Waals surface area (Å²) in [5.74, 6) is 0.802. The first-order chi connectivity index (χ1) is 11.1. The minimum atomic E-state index is -0.682.